The first-order valence-electron chi connectivity index (χ1n) is 4.88. The third kappa shape index (κ3) is 3.82. The molecule has 1 amide bonds. The van der Waals surface area contributed by atoms with Crippen LogP contribution in [-0.4, -0.2) is 31.1 Å². The number of nitrogens with two attached hydrogens (primary N) is 1. The molecule has 2 atom stereocenters. The average Bonchev–Trinajstić information content (AvgIpc) is 2.55. The Morgan fingerprint density at radius 2 is 2.21 bits per heavy atom. The Morgan fingerprint density at radius 1 is 1.57 bits per heavy atom. The van der Waals surface area contributed by atoms with Gasteiger partial charge in [0, 0.05) is 12.6 Å². The Labute approximate surface area is 91.4 Å². The van der Waals surface area contributed by atoms with Crippen molar-refractivity contribution in [3.8, 4) is 0 Å². The van der Waals surface area contributed by atoms with Gasteiger partial charge in [0.15, 0.2) is 0 Å². The van der Waals surface area contributed by atoms with Crippen molar-refractivity contribution in [2.75, 3.05) is 13.1 Å². The standard InChI is InChI=1S/C9H19N3O.ClH/c1-6(2)8(10)9(13)12-7-3-4-11-5-7;/h6-8,11H,3-5,10H2,1-2H3,(H,12,13);1H. The van der Waals surface area contributed by atoms with E-state index in [1.54, 1.807) is 0 Å². The maximum Gasteiger partial charge on any atom is 0.237 e. The summed E-state index contributed by atoms with van der Waals surface area (Å²) in [5.41, 5.74) is 5.71. The lowest BCUT2D eigenvalue weighted by atomic mass is 10.0. The van der Waals surface area contributed by atoms with E-state index in [0.29, 0.717) is 0 Å². The van der Waals surface area contributed by atoms with E-state index in [1.165, 1.54) is 0 Å². The molecule has 0 bridgehead atoms. The van der Waals surface area contributed by atoms with Gasteiger partial charge in [-0.05, 0) is 18.9 Å². The molecular formula is C9H20ClN3O. The van der Waals surface area contributed by atoms with Gasteiger partial charge in [-0.3, -0.25) is 4.79 Å². The van der Waals surface area contributed by atoms with Gasteiger partial charge in [0.1, 0.15) is 0 Å². The molecule has 0 radical (unpaired) electrons. The molecule has 0 aromatic heterocycles. The van der Waals surface area contributed by atoms with Gasteiger partial charge in [-0.1, -0.05) is 13.8 Å². The highest BCUT2D eigenvalue weighted by atomic mass is 35.5. The smallest absolute Gasteiger partial charge is 0.237 e. The van der Waals surface area contributed by atoms with Crippen LogP contribution in [0.3, 0.4) is 0 Å². The van der Waals surface area contributed by atoms with E-state index in [1.807, 2.05) is 13.8 Å². The minimum absolute atomic E-state index is 0. The predicted molar refractivity (Wildman–Crippen MR) is 59.5 cm³/mol. The Bertz CT molecular complexity index is 181. The van der Waals surface area contributed by atoms with Crippen LogP contribution in [0.15, 0.2) is 0 Å². The van der Waals surface area contributed by atoms with E-state index in [2.05, 4.69) is 10.6 Å². The summed E-state index contributed by atoms with van der Waals surface area (Å²) in [6.07, 6.45) is 1.01. The molecule has 5 heteroatoms. The van der Waals surface area contributed by atoms with E-state index >= 15 is 0 Å². The molecular weight excluding hydrogens is 202 g/mol. The number of amides is 1. The first-order chi connectivity index (χ1) is 6.11. The molecule has 1 heterocycles. The second-order valence-corrected chi connectivity index (χ2v) is 3.97. The second kappa shape index (κ2) is 6.22. The molecule has 0 aliphatic carbocycles. The maximum absolute atomic E-state index is 11.5. The monoisotopic (exact) mass is 221 g/mol. The van der Waals surface area contributed by atoms with Gasteiger partial charge in [0.05, 0.1) is 6.04 Å². The lowest BCUT2D eigenvalue weighted by Crippen LogP contribution is -2.48. The largest absolute Gasteiger partial charge is 0.351 e. The van der Waals surface area contributed by atoms with Crippen LogP contribution in [-0.2, 0) is 4.79 Å². The molecule has 0 saturated carbocycles. The predicted octanol–water partition coefficient (Wildman–Crippen LogP) is -0.130. The normalized spacial score (nSPS) is 23.0. The van der Waals surface area contributed by atoms with Gasteiger partial charge in [-0.25, -0.2) is 0 Å². The summed E-state index contributed by atoms with van der Waals surface area (Å²) in [6, 6.07) is -0.0992. The number of halogens is 1. The van der Waals surface area contributed by atoms with Crippen LogP contribution in [0, 0.1) is 5.92 Å². The van der Waals surface area contributed by atoms with Gasteiger partial charge in [0.2, 0.25) is 5.91 Å². The van der Waals surface area contributed by atoms with Crippen molar-refractivity contribution in [1.29, 1.82) is 0 Å². The highest BCUT2D eigenvalue weighted by molar-refractivity contribution is 5.85. The number of hydrogen-bond acceptors (Lipinski definition) is 3. The third-order valence-electron chi connectivity index (χ3n) is 2.43. The fraction of sp³-hybridized carbons (Fsp3) is 0.889. The van der Waals surface area contributed by atoms with Crippen LogP contribution in [0.5, 0.6) is 0 Å². The van der Waals surface area contributed by atoms with Crippen molar-refractivity contribution < 1.29 is 4.79 Å². The zero-order chi connectivity index (χ0) is 9.84. The molecule has 1 saturated heterocycles. The van der Waals surface area contributed by atoms with Crippen LogP contribution in [0.2, 0.25) is 0 Å². The number of rotatable bonds is 3. The molecule has 4 N–H and O–H groups in total. The van der Waals surface area contributed by atoms with Crippen LogP contribution in [0.25, 0.3) is 0 Å². The van der Waals surface area contributed by atoms with Crippen molar-refractivity contribution in [2.45, 2.75) is 32.4 Å². The molecule has 0 aromatic carbocycles. The van der Waals surface area contributed by atoms with Crippen LogP contribution in [0.4, 0.5) is 0 Å². The Balaban J connectivity index is 0.00000169. The highest BCUT2D eigenvalue weighted by Crippen LogP contribution is 2.01. The second-order valence-electron chi connectivity index (χ2n) is 3.97. The van der Waals surface area contributed by atoms with Gasteiger partial charge in [-0.2, -0.15) is 0 Å². The summed E-state index contributed by atoms with van der Waals surface area (Å²) in [4.78, 5) is 11.5. The third-order valence-corrected chi connectivity index (χ3v) is 2.43. The number of nitrogens with one attached hydrogen (secondary N) is 2. The zero-order valence-corrected chi connectivity index (χ0v) is 9.56. The summed E-state index contributed by atoms with van der Waals surface area (Å²) in [5.74, 6) is 0.179. The molecule has 2 unspecified atom stereocenters. The summed E-state index contributed by atoms with van der Waals surface area (Å²) < 4.78 is 0. The first-order valence-corrected chi connectivity index (χ1v) is 4.88. The molecule has 84 valence electrons. The molecule has 1 rings (SSSR count). The lowest BCUT2D eigenvalue weighted by Gasteiger charge is -2.18. The van der Waals surface area contributed by atoms with Crippen molar-refractivity contribution in [2.24, 2.45) is 11.7 Å². The quantitative estimate of drug-likeness (QED) is 0.622. The summed E-state index contributed by atoms with van der Waals surface area (Å²) in [5, 5.41) is 6.12. The fourth-order valence-corrected chi connectivity index (χ4v) is 1.38. The molecule has 14 heavy (non-hydrogen) atoms. The van der Waals surface area contributed by atoms with Crippen molar-refractivity contribution in [3.63, 3.8) is 0 Å². The molecule has 1 aliphatic heterocycles. The summed E-state index contributed by atoms with van der Waals surface area (Å²) >= 11 is 0. The number of carbonyl (C=O) groups is 1. The van der Waals surface area contributed by atoms with Crippen molar-refractivity contribution in [3.05, 3.63) is 0 Å². The topological polar surface area (TPSA) is 67.2 Å². The summed E-state index contributed by atoms with van der Waals surface area (Å²) in [6.45, 7) is 5.77. The van der Waals surface area contributed by atoms with Crippen LogP contribution < -0.4 is 16.4 Å². The van der Waals surface area contributed by atoms with Gasteiger partial charge in [-0.15, -0.1) is 12.4 Å². The van der Waals surface area contributed by atoms with Crippen LogP contribution in [0.1, 0.15) is 20.3 Å². The van der Waals surface area contributed by atoms with Gasteiger partial charge < -0.3 is 16.4 Å². The SMILES string of the molecule is CC(C)C(N)C(=O)NC1CCNC1.Cl. The zero-order valence-electron chi connectivity index (χ0n) is 8.75. The lowest BCUT2D eigenvalue weighted by molar-refractivity contribution is -0.123. The summed E-state index contributed by atoms with van der Waals surface area (Å²) in [7, 11) is 0. The van der Waals surface area contributed by atoms with E-state index in [4.69, 9.17) is 5.73 Å². The first kappa shape index (κ1) is 13.7. The maximum atomic E-state index is 11.5. The molecule has 4 nitrogen and oxygen atoms in total. The molecule has 1 fully saturated rings. The van der Waals surface area contributed by atoms with Gasteiger partial charge in [0.25, 0.3) is 0 Å². The fourth-order valence-electron chi connectivity index (χ4n) is 1.38. The van der Waals surface area contributed by atoms with E-state index in [0.717, 1.165) is 19.5 Å². The van der Waals surface area contributed by atoms with E-state index in [-0.39, 0.29) is 36.3 Å². The number of carbonyl (C=O) groups excluding carboxylic acids is 1. The van der Waals surface area contributed by atoms with Gasteiger partial charge >= 0.3 is 0 Å². The van der Waals surface area contributed by atoms with Crippen LogP contribution >= 0.6 is 12.4 Å². The van der Waals surface area contributed by atoms with Crippen molar-refractivity contribution in [1.82, 2.24) is 10.6 Å². The van der Waals surface area contributed by atoms with Crippen molar-refractivity contribution >= 4 is 18.3 Å². The van der Waals surface area contributed by atoms with E-state index in [9.17, 15) is 4.79 Å². The highest BCUT2D eigenvalue weighted by Gasteiger charge is 2.22. The van der Waals surface area contributed by atoms with E-state index < -0.39 is 0 Å². The molecule has 1 aliphatic rings. The minimum Gasteiger partial charge on any atom is -0.351 e. The molecule has 0 aromatic rings. The Morgan fingerprint density at radius 3 is 2.64 bits per heavy atom. The Hall–Kier alpha value is -0.320. The molecule has 0 spiro atoms. The Kier molecular flexibility index (Phi) is 6.08. The number of hydrogen-bond donors (Lipinski definition) is 3. The minimum atomic E-state index is -0.374. The average molecular weight is 222 g/mol.